The summed E-state index contributed by atoms with van der Waals surface area (Å²) in [5.41, 5.74) is 2.16. The summed E-state index contributed by atoms with van der Waals surface area (Å²) in [5.74, 6) is 0.620. The molecule has 0 aromatic heterocycles. The van der Waals surface area contributed by atoms with Crippen LogP contribution in [0.4, 0.5) is 0 Å². The summed E-state index contributed by atoms with van der Waals surface area (Å²) >= 11 is 0. The first-order valence-electron chi connectivity index (χ1n) is 6.55. The molecule has 1 heterocycles. The van der Waals surface area contributed by atoms with E-state index in [2.05, 4.69) is 32.2 Å². The van der Waals surface area contributed by atoms with E-state index in [4.69, 9.17) is 0 Å². The van der Waals surface area contributed by atoms with E-state index >= 15 is 0 Å². The van der Waals surface area contributed by atoms with Crippen LogP contribution in [0.15, 0.2) is 23.1 Å². The van der Waals surface area contributed by atoms with E-state index in [-0.39, 0.29) is 11.8 Å². The lowest BCUT2D eigenvalue weighted by Crippen LogP contribution is -2.23. The molecule has 0 aliphatic carbocycles. The number of fused-ring (bicyclic) bond motifs is 1. The third kappa shape index (κ3) is 2.45. The van der Waals surface area contributed by atoms with Crippen LogP contribution in [-0.2, 0) is 9.84 Å². The standard InChI is InChI=1S/C14H21NO2S/c1-4-7-15-13-9-18(16,17)14-6-5-11(10(2)3)8-12(13)14/h5-6,8,10,13,15H,4,7,9H2,1-3H3. The third-order valence-electron chi connectivity index (χ3n) is 3.44. The summed E-state index contributed by atoms with van der Waals surface area (Å²) < 4.78 is 24.1. The zero-order chi connectivity index (χ0) is 13.3. The molecule has 1 aliphatic heterocycles. The molecule has 0 saturated carbocycles. The lowest BCUT2D eigenvalue weighted by molar-refractivity contribution is 0.563. The maximum Gasteiger partial charge on any atom is 0.180 e. The number of rotatable bonds is 4. The Morgan fingerprint density at radius 2 is 2.11 bits per heavy atom. The first kappa shape index (κ1) is 13.6. The van der Waals surface area contributed by atoms with Gasteiger partial charge >= 0.3 is 0 Å². The summed E-state index contributed by atoms with van der Waals surface area (Å²) in [7, 11) is -3.09. The van der Waals surface area contributed by atoms with E-state index in [9.17, 15) is 8.42 Å². The van der Waals surface area contributed by atoms with E-state index in [0.717, 1.165) is 18.5 Å². The highest BCUT2D eigenvalue weighted by Gasteiger charge is 2.34. The second-order valence-electron chi connectivity index (χ2n) is 5.24. The first-order chi connectivity index (χ1) is 8.45. The van der Waals surface area contributed by atoms with Crippen LogP contribution in [0, 0.1) is 0 Å². The van der Waals surface area contributed by atoms with Gasteiger partial charge in [-0.15, -0.1) is 0 Å². The van der Waals surface area contributed by atoms with Gasteiger partial charge in [0.25, 0.3) is 0 Å². The van der Waals surface area contributed by atoms with Crippen molar-refractivity contribution >= 4 is 9.84 Å². The first-order valence-corrected chi connectivity index (χ1v) is 8.21. The SMILES string of the molecule is CCCNC1CS(=O)(=O)c2ccc(C(C)C)cc21. The fourth-order valence-electron chi connectivity index (χ4n) is 2.37. The van der Waals surface area contributed by atoms with Gasteiger partial charge in [-0.1, -0.05) is 32.9 Å². The maximum atomic E-state index is 12.1. The number of benzene rings is 1. The molecule has 100 valence electrons. The summed E-state index contributed by atoms with van der Waals surface area (Å²) in [5, 5.41) is 3.33. The normalized spacial score (nSPS) is 21.2. The van der Waals surface area contributed by atoms with E-state index in [0.29, 0.717) is 10.8 Å². The smallest absolute Gasteiger partial charge is 0.180 e. The van der Waals surface area contributed by atoms with Crippen LogP contribution in [-0.4, -0.2) is 20.7 Å². The number of hydrogen-bond acceptors (Lipinski definition) is 3. The average molecular weight is 267 g/mol. The Labute approximate surface area is 110 Å². The van der Waals surface area contributed by atoms with E-state index in [1.165, 1.54) is 5.56 Å². The molecule has 0 fully saturated rings. The van der Waals surface area contributed by atoms with Crippen LogP contribution < -0.4 is 5.32 Å². The molecule has 0 bridgehead atoms. The fraction of sp³-hybridized carbons (Fsp3) is 0.571. The van der Waals surface area contributed by atoms with Crippen LogP contribution in [0.1, 0.15) is 50.3 Å². The minimum Gasteiger partial charge on any atom is -0.309 e. The number of hydrogen-bond donors (Lipinski definition) is 1. The average Bonchev–Trinajstić information content (AvgIpc) is 2.58. The Balaban J connectivity index is 2.41. The topological polar surface area (TPSA) is 46.2 Å². The minimum atomic E-state index is -3.09. The van der Waals surface area contributed by atoms with Gasteiger partial charge in [-0.2, -0.15) is 0 Å². The molecule has 0 amide bonds. The van der Waals surface area contributed by atoms with Gasteiger partial charge in [0.1, 0.15) is 0 Å². The lowest BCUT2D eigenvalue weighted by atomic mass is 9.98. The van der Waals surface area contributed by atoms with Gasteiger partial charge in [0.2, 0.25) is 0 Å². The van der Waals surface area contributed by atoms with Gasteiger partial charge in [0.15, 0.2) is 9.84 Å². The third-order valence-corrected chi connectivity index (χ3v) is 5.25. The molecule has 1 aromatic rings. The second-order valence-corrected chi connectivity index (χ2v) is 7.24. The molecular formula is C14H21NO2S. The molecule has 1 N–H and O–H groups in total. The van der Waals surface area contributed by atoms with Crippen molar-refractivity contribution in [2.45, 2.75) is 44.0 Å². The highest BCUT2D eigenvalue weighted by atomic mass is 32.2. The van der Waals surface area contributed by atoms with Crippen molar-refractivity contribution in [1.82, 2.24) is 5.32 Å². The molecule has 0 saturated heterocycles. The van der Waals surface area contributed by atoms with Gasteiger partial charge in [0, 0.05) is 6.04 Å². The monoisotopic (exact) mass is 267 g/mol. The van der Waals surface area contributed by atoms with Crippen LogP contribution in [0.25, 0.3) is 0 Å². The summed E-state index contributed by atoms with van der Waals surface area (Å²) in [6, 6.07) is 5.72. The van der Waals surface area contributed by atoms with Crippen molar-refractivity contribution < 1.29 is 8.42 Å². The highest BCUT2D eigenvalue weighted by molar-refractivity contribution is 7.91. The van der Waals surface area contributed by atoms with Crippen LogP contribution in [0.5, 0.6) is 0 Å². The summed E-state index contributed by atoms with van der Waals surface area (Å²) in [4.78, 5) is 0.514. The van der Waals surface area contributed by atoms with E-state index in [1.54, 1.807) is 6.07 Å². The predicted molar refractivity (Wildman–Crippen MR) is 73.6 cm³/mol. The minimum absolute atomic E-state index is 0.0383. The van der Waals surface area contributed by atoms with Crippen molar-refractivity contribution in [3.8, 4) is 0 Å². The summed E-state index contributed by atoms with van der Waals surface area (Å²) in [6.07, 6.45) is 1.01. The molecular weight excluding hydrogens is 246 g/mol. The molecule has 0 spiro atoms. The maximum absolute atomic E-state index is 12.1. The molecule has 1 atom stereocenters. The second kappa shape index (κ2) is 5.02. The number of sulfone groups is 1. The molecule has 1 aromatic carbocycles. The Hall–Kier alpha value is -0.870. The lowest BCUT2D eigenvalue weighted by Gasteiger charge is -2.13. The Morgan fingerprint density at radius 1 is 1.39 bits per heavy atom. The van der Waals surface area contributed by atoms with Crippen LogP contribution >= 0.6 is 0 Å². The van der Waals surface area contributed by atoms with E-state index < -0.39 is 9.84 Å². The molecule has 0 radical (unpaired) electrons. The Kier molecular flexibility index (Phi) is 3.78. The van der Waals surface area contributed by atoms with Crippen molar-refractivity contribution in [1.29, 1.82) is 0 Å². The summed E-state index contributed by atoms with van der Waals surface area (Å²) in [6.45, 7) is 7.19. The van der Waals surface area contributed by atoms with Gasteiger partial charge in [-0.25, -0.2) is 8.42 Å². The fourth-order valence-corrected chi connectivity index (χ4v) is 4.12. The van der Waals surface area contributed by atoms with Crippen LogP contribution in [0.3, 0.4) is 0 Å². The van der Waals surface area contributed by atoms with Gasteiger partial charge in [0.05, 0.1) is 10.6 Å². The number of nitrogens with one attached hydrogen (secondary N) is 1. The highest BCUT2D eigenvalue weighted by Crippen LogP contribution is 2.35. The van der Waals surface area contributed by atoms with Crippen molar-refractivity contribution in [2.75, 3.05) is 12.3 Å². The quantitative estimate of drug-likeness (QED) is 0.912. The largest absolute Gasteiger partial charge is 0.309 e. The van der Waals surface area contributed by atoms with Crippen molar-refractivity contribution in [3.63, 3.8) is 0 Å². The molecule has 1 unspecified atom stereocenters. The van der Waals surface area contributed by atoms with Crippen LogP contribution in [0.2, 0.25) is 0 Å². The Morgan fingerprint density at radius 3 is 2.72 bits per heavy atom. The molecule has 1 aliphatic rings. The molecule has 4 heteroatoms. The van der Waals surface area contributed by atoms with Crippen molar-refractivity contribution in [2.24, 2.45) is 0 Å². The van der Waals surface area contributed by atoms with Gasteiger partial charge < -0.3 is 5.32 Å². The Bertz CT molecular complexity index is 535. The van der Waals surface area contributed by atoms with Crippen molar-refractivity contribution in [3.05, 3.63) is 29.3 Å². The molecule has 3 nitrogen and oxygen atoms in total. The molecule has 18 heavy (non-hydrogen) atoms. The van der Waals surface area contributed by atoms with Gasteiger partial charge in [-0.3, -0.25) is 0 Å². The van der Waals surface area contributed by atoms with E-state index in [1.807, 2.05) is 6.07 Å². The zero-order valence-electron chi connectivity index (χ0n) is 11.2. The predicted octanol–water partition coefficient (Wildman–Crippen LogP) is 2.64. The zero-order valence-corrected chi connectivity index (χ0v) is 12.0. The van der Waals surface area contributed by atoms with Gasteiger partial charge in [-0.05, 0) is 36.1 Å². The molecule has 2 rings (SSSR count).